The average Bonchev–Trinajstić information content (AvgIpc) is 2.32. The van der Waals surface area contributed by atoms with Gasteiger partial charge in [-0.1, -0.05) is 18.5 Å². The molecular formula is C13H11BrClFN2. The van der Waals surface area contributed by atoms with E-state index >= 15 is 0 Å². The van der Waals surface area contributed by atoms with Crippen molar-refractivity contribution in [3.63, 3.8) is 0 Å². The fourth-order valence-corrected chi connectivity index (χ4v) is 2.39. The van der Waals surface area contributed by atoms with Crippen LogP contribution < -0.4 is 0 Å². The molecule has 1 aromatic carbocycles. The quantitative estimate of drug-likeness (QED) is 0.754. The lowest BCUT2D eigenvalue weighted by Gasteiger charge is -2.09. The van der Waals surface area contributed by atoms with Crippen molar-refractivity contribution in [1.29, 1.82) is 0 Å². The molecule has 0 aliphatic heterocycles. The highest BCUT2D eigenvalue weighted by Crippen LogP contribution is 2.28. The number of hydrogen-bond donors (Lipinski definition) is 0. The Bertz CT molecular complexity index is 602. The first-order valence-electron chi connectivity index (χ1n) is 5.51. The summed E-state index contributed by atoms with van der Waals surface area (Å²) in [6, 6.07) is 4.40. The molecule has 5 heteroatoms. The lowest BCUT2D eigenvalue weighted by atomic mass is 10.1. The zero-order valence-electron chi connectivity index (χ0n) is 9.97. The minimum absolute atomic E-state index is 0.306. The van der Waals surface area contributed by atoms with Crippen molar-refractivity contribution < 1.29 is 4.39 Å². The Balaban J connectivity index is 2.60. The molecule has 0 saturated carbocycles. The van der Waals surface area contributed by atoms with Crippen LogP contribution in [0.4, 0.5) is 4.39 Å². The smallest absolute Gasteiger partial charge is 0.162 e. The average molecular weight is 330 g/mol. The first-order chi connectivity index (χ1) is 8.52. The van der Waals surface area contributed by atoms with E-state index in [2.05, 4.69) is 25.9 Å². The van der Waals surface area contributed by atoms with E-state index in [4.69, 9.17) is 11.6 Å². The second-order valence-corrected chi connectivity index (χ2v) is 5.10. The predicted molar refractivity (Wildman–Crippen MR) is 74.3 cm³/mol. The van der Waals surface area contributed by atoms with Crippen LogP contribution in [0.3, 0.4) is 0 Å². The molecule has 94 valence electrons. The normalized spacial score (nSPS) is 10.7. The fraction of sp³-hybridized carbons (Fsp3) is 0.231. The Kier molecular flexibility index (Phi) is 3.97. The summed E-state index contributed by atoms with van der Waals surface area (Å²) in [5, 5.41) is 0.438. The first-order valence-corrected chi connectivity index (χ1v) is 6.68. The van der Waals surface area contributed by atoms with Gasteiger partial charge >= 0.3 is 0 Å². The molecule has 0 amide bonds. The number of halogens is 3. The second kappa shape index (κ2) is 5.33. The van der Waals surface area contributed by atoms with Crippen LogP contribution in [-0.4, -0.2) is 9.97 Å². The molecule has 0 saturated heterocycles. The van der Waals surface area contributed by atoms with Crippen LogP contribution in [0.2, 0.25) is 5.15 Å². The van der Waals surface area contributed by atoms with Crippen molar-refractivity contribution in [2.24, 2.45) is 0 Å². The first kappa shape index (κ1) is 13.4. The molecule has 0 spiro atoms. The third kappa shape index (κ3) is 2.54. The van der Waals surface area contributed by atoms with Crippen LogP contribution in [0.15, 0.2) is 22.7 Å². The summed E-state index contributed by atoms with van der Waals surface area (Å²) in [5.74, 6) is 0.203. The lowest BCUT2D eigenvalue weighted by Crippen LogP contribution is -2.00. The van der Waals surface area contributed by atoms with Crippen molar-refractivity contribution in [3.05, 3.63) is 44.9 Å². The van der Waals surface area contributed by atoms with E-state index < -0.39 is 0 Å². The van der Waals surface area contributed by atoms with Crippen molar-refractivity contribution >= 4 is 27.5 Å². The summed E-state index contributed by atoms with van der Waals surface area (Å²) in [6.45, 7) is 3.90. The van der Waals surface area contributed by atoms with Gasteiger partial charge in [-0.2, -0.15) is 0 Å². The van der Waals surface area contributed by atoms with Gasteiger partial charge in [-0.15, -0.1) is 0 Å². The van der Waals surface area contributed by atoms with E-state index in [0.717, 1.165) is 23.2 Å². The third-order valence-corrected chi connectivity index (χ3v) is 3.72. The highest BCUT2D eigenvalue weighted by molar-refractivity contribution is 9.10. The standard InChI is InChI=1S/C13H11BrClFN2/c1-3-11-7(2)12(15)18-13(17-11)9-5-4-8(16)6-10(9)14/h4-6H,3H2,1-2H3. The van der Waals surface area contributed by atoms with Crippen LogP contribution in [0.25, 0.3) is 11.4 Å². The molecule has 0 unspecified atom stereocenters. The van der Waals surface area contributed by atoms with E-state index in [1.165, 1.54) is 12.1 Å². The number of benzene rings is 1. The van der Waals surface area contributed by atoms with Gasteiger partial charge in [0.25, 0.3) is 0 Å². The monoisotopic (exact) mass is 328 g/mol. The molecule has 18 heavy (non-hydrogen) atoms. The third-order valence-electron chi connectivity index (χ3n) is 2.69. The van der Waals surface area contributed by atoms with E-state index in [9.17, 15) is 4.39 Å². The predicted octanol–water partition coefficient (Wildman–Crippen LogP) is 4.57. The van der Waals surface area contributed by atoms with Gasteiger partial charge in [-0.25, -0.2) is 14.4 Å². The molecule has 0 aliphatic carbocycles. The molecule has 2 rings (SSSR count). The number of rotatable bonds is 2. The number of aromatic nitrogens is 2. The molecule has 1 aromatic heterocycles. The molecule has 0 radical (unpaired) electrons. The largest absolute Gasteiger partial charge is 0.233 e. The maximum atomic E-state index is 13.1. The minimum Gasteiger partial charge on any atom is -0.233 e. The maximum Gasteiger partial charge on any atom is 0.162 e. The van der Waals surface area contributed by atoms with Gasteiger partial charge < -0.3 is 0 Å². The molecule has 0 fully saturated rings. The van der Waals surface area contributed by atoms with Crippen LogP contribution in [-0.2, 0) is 6.42 Å². The molecule has 0 atom stereocenters. The molecule has 0 bridgehead atoms. The van der Waals surface area contributed by atoms with Gasteiger partial charge in [0.05, 0.1) is 0 Å². The van der Waals surface area contributed by atoms with Crippen molar-refractivity contribution in [2.45, 2.75) is 20.3 Å². The van der Waals surface area contributed by atoms with E-state index in [0.29, 0.717) is 15.5 Å². The Labute approximate surface area is 118 Å². The Morgan fingerprint density at radius 3 is 2.67 bits per heavy atom. The summed E-state index contributed by atoms with van der Waals surface area (Å²) in [7, 11) is 0. The zero-order chi connectivity index (χ0) is 13.3. The van der Waals surface area contributed by atoms with Crippen molar-refractivity contribution in [1.82, 2.24) is 9.97 Å². The molecular weight excluding hydrogens is 319 g/mol. The maximum absolute atomic E-state index is 13.1. The van der Waals surface area contributed by atoms with E-state index in [1.807, 2.05) is 13.8 Å². The highest BCUT2D eigenvalue weighted by Gasteiger charge is 2.12. The molecule has 1 heterocycles. The SMILES string of the molecule is CCc1nc(-c2ccc(F)cc2Br)nc(Cl)c1C. The fourth-order valence-electron chi connectivity index (χ4n) is 1.67. The number of nitrogens with zero attached hydrogens (tertiary/aromatic N) is 2. The van der Waals surface area contributed by atoms with Gasteiger partial charge in [-0.3, -0.25) is 0 Å². The molecule has 2 nitrogen and oxygen atoms in total. The van der Waals surface area contributed by atoms with Crippen LogP contribution >= 0.6 is 27.5 Å². The van der Waals surface area contributed by atoms with Gasteiger partial charge in [0.2, 0.25) is 0 Å². The van der Waals surface area contributed by atoms with Gasteiger partial charge in [0.1, 0.15) is 11.0 Å². The molecule has 0 aliphatic rings. The van der Waals surface area contributed by atoms with Crippen LogP contribution in [0, 0.1) is 12.7 Å². The van der Waals surface area contributed by atoms with Crippen LogP contribution in [0.1, 0.15) is 18.2 Å². The minimum atomic E-state index is -0.306. The Morgan fingerprint density at radius 1 is 1.33 bits per heavy atom. The summed E-state index contributed by atoms with van der Waals surface area (Å²) in [4.78, 5) is 8.71. The van der Waals surface area contributed by atoms with Crippen LogP contribution in [0.5, 0.6) is 0 Å². The zero-order valence-corrected chi connectivity index (χ0v) is 12.3. The van der Waals surface area contributed by atoms with Gasteiger partial charge in [0.15, 0.2) is 5.82 Å². The summed E-state index contributed by atoms with van der Waals surface area (Å²) >= 11 is 9.40. The Morgan fingerprint density at radius 2 is 2.06 bits per heavy atom. The van der Waals surface area contributed by atoms with E-state index in [-0.39, 0.29) is 5.82 Å². The van der Waals surface area contributed by atoms with Crippen molar-refractivity contribution in [2.75, 3.05) is 0 Å². The topological polar surface area (TPSA) is 25.8 Å². The highest BCUT2D eigenvalue weighted by atomic mass is 79.9. The van der Waals surface area contributed by atoms with E-state index in [1.54, 1.807) is 6.07 Å². The summed E-state index contributed by atoms with van der Waals surface area (Å²) < 4.78 is 13.7. The molecule has 0 N–H and O–H groups in total. The van der Waals surface area contributed by atoms with Gasteiger partial charge in [0, 0.05) is 21.3 Å². The number of aryl methyl sites for hydroxylation is 1. The summed E-state index contributed by atoms with van der Waals surface area (Å²) in [6.07, 6.45) is 0.778. The van der Waals surface area contributed by atoms with Gasteiger partial charge in [-0.05, 0) is 47.5 Å². The summed E-state index contributed by atoms with van der Waals surface area (Å²) in [5.41, 5.74) is 2.52. The second-order valence-electron chi connectivity index (χ2n) is 3.89. The van der Waals surface area contributed by atoms with Crippen molar-refractivity contribution in [3.8, 4) is 11.4 Å². The Hall–Kier alpha value is -1.00. The lowest BCUT2D eigenvalue weighted by molar-refractivity contribution is 0.627. The molecule has 2 aromatic rings. The number of hydrogen-bond acceptors (Lipinski definition) is 2.